The second-order valence-corrected chi connectivity index (χ2v) is 7.40. The molecule has 2 aliphatic rings. The van der Waals surface area contributed by atoms with Gasteiger partial charge in [0, 0.05) is 26.7 Å². The van der Waals surface area contributed by atoms with Crippen LogP contribution in [0.25, 0.3) is 0 Å². The van der Waals surface area contributed by atoms with E-state index in [1.165, 1.54) is 32.1 Å². The number of ether oxygens (including phenoxy) is 1. The molecular weight excluding hydrogens is 455 g/mol. The zero-order chi connectivity index (χ0) is 18.4. The summed E-state index contributed by atoms with van der Waals surface area (Å²) >= 11 is 0. The quantitative estimate of drug-likeness (QED) is 0.382. The Bertz CT molecular complexity index is 642. The van der Waals surface area contributed by atoms with Crippen molar-refractivity contribution in [2.45, 2.75) is 38.6 Å². The molecule has 0 bridgehead atoms. The van der Waals surface area contributed by atoms with Gasteiger partial charge in [0.05, 0.1) is 13.7 Å². The lowest BCUT2D eigenvalue weighted by Gasteiger charge is -2.25. The minimum absolute atomic E-state index is 0. The predicted octanol–water partition coefficient (Wildman–Crippen LogP) is 2.77. The summed E-state index contributed by atoms with van der Waals surface area (Å²) in [7, 11) is 3.43. The number of nitrogens with one attached hydrogen (secondary N) is 2. The lowest BCUT2D eigenvalue weighted by Crippen LogP contribution is -2.45. The molecule has 0 aromatic heterocycles. The monoisotopic (exact) mass is 486 g/mol. The molecular formula is C20H31IN4O2. The molecule has 1 aliphatic carbocycles. The van der Waals surface area contributed by atoms with Gasteiger partial charge in [-0.2, -0.15) is 0 Å². The number of hydrogen-bond acceptors (Lipinski definition) is 3. The van der Waals surface area contributed by atoms with Gasteiger partial charge < -0.3 is 20.3 Å². The fraction of sp³-hybridized carbons (Fsp3) is 0.600. The van der Waals surface area contributed by atoms with Crippen LogP contribution in [0.4, 0.5) is 0 Å². The highest BCUT2D eigenvalue weighted by atomic mass is 127. The highest BCUT2D eigenvalue weighted by molar-refractivity contribution is 14.0. The van der Waals surface area contributed by atoms with Gasteiger partial charge in [0.2, 0.25) is 5.91 Å². The summed E-state index contributed by atoms with van der Waals surface area (Å²) in [6, 6.07) is 7.70. The van der Waals surface area contributed by atoms with Crippen molar-refractivity contribution in [3.05, 3.63) is 29.8 Å². The molecule has 1 heterocycles. The Labute approximate surface area is 179 Å². The Balaban J connectivity index is 0.00000261. The molecule has 0 unspecified atom stereocenters. The van der Waals surface area contributed by atoms with Crippen LogP contribution >= 0.6 is 24.0 Å². The molecule has 1 saturated heterocycles. The summed E-state index contributed by atoms with van der Waals surface area (Å²) in [5.41, 5.74) is 1.54. The lowest BCUT2D eigenvalue weighted by atomic mass is 9.86. The average molecular weight is 486 g/mol. The molecule has 1 aromatic rings. The summed E-state index contributed by atoms with van der Waals surface area (Å²) in [4.78, 5) is 18.8. The van der Waals surface area contributed by atoms with E-state index in [1.54, 1.807) is 14.2 Å². The van der Waals surface area contributed by atoms with Crippen LogP contribution in [0.1, 0.15) is 37.7 Å². The smallest absolute Gasteiger partial charge is 0.239 e. The first-order valence-corrected chi connectivity index (χ1v) is 9.49. The number of amides is 1. The Morgan fingerprint density at radius 3 is 2.52 bits per heavy atom. The van der Waals surface area contributed by atoms with Crippen molar-refractivity contribution in [2.75, 3.05) is 33.8 Å². The Hall–Kier alpha value is -1.51. The normalized spacial score (nSPS) is 18.3. The molecule has 1 amide bonds. The summed E-state index contributed by atoms with van der Waals surface area (Å²) in [6.07, 6.45) is 6.63. The molecule has 1 saturated carbocycles. The first-order chi connectivity index (χ1) is 12.6. The summed E-state index contributed by atoms with van der Waals surface area (Å²) in [6.45, 7) is 2.86. The summed E-state index contributed by atoms with van der Waals surface area (Å²) < 4.78 is 5.14. The van der Waals surface area contributed by atoms with Crippen LogP contribution in [0.15, 0.2) is 29.3 Å². The van der Waals surface area contributed by atoms with E-state index in [2.05, 4.69) is 20.5 Å². The molecule has 1 aliphatic heterocycles. The van der Waals surface area contributed by atoms with E-state index < -0.39 is 0 Å². The number of carbonyl (C=O) groups is 1. The third kappa shape index (κ3) is 5.73. The molecule has 0 atom stereocenters. The highest BCUT2D eigenvalue weighted by Crippen LogP contribution is 2.45. The maximum absolute atomic E-state index is 12.2. The van der Waals surface area contributed by atoms with Crippen LogP contribution < -0.4 is 15.4 Å². The van der Waals surface area contributed by atoms with Gasteiger partial charge in [0.15, 0.2) is 5.96 Å². The maximum atomic E-state index is 12.2. The molecule has 27 heavy (non-hydrogen) atoms. The van der Waals surface area contributed by atoms with Gasteiger partial charge >= 0.3 is 0 Å². The highest BCUT2D eigenvalue weighted by Gasteiger charge is 2.41. The average Bonchev–Trinajstić information content (AvgIpc) is 3.31. The number of aliphatic imine (C=N–C) groups is 1. The second-order valence-electron chi connectivity index (χ2n) is 7.40. The number of rotatable bonds is 5. The molecule has 1 spiro atoms. The van der Waals surface area contributed by atoms with Gasteiger partial charge in [-0.15, -0.1) is 24.0 Å². The maximum Gasteiger partial charge on any atom is 0.239 e. The van der Waals surface area contributed by atoms with Crippen molar-refractivity contribution in [1.82, 2.24) is 15.5 Å². The Morgan fingerprint density at radius 1 is 1.19 bits per heavy atom. The number of likely N-dealkylation sites (tertiary alicyclic amines) is 1. The minimum atomic E-state index is -0.0308. The van der Waals surface area contributed by atoms with Crippen LogP contribution in [-0.4, -0.2) is 50.6 Å². The molecule has 150 valence electrons. The van der Waals surface area contributed by atoms with Crippen molar-refractivity contribution in [3.63, 3.8) is 0 Å². The van der Waals surface area contributed by atoms with Crippen molar-refractivity contribution in [1.29, 1.82) is 0 Å². The van der Waals surface area contributed by atoms with Gasteiger partial charge in [0.1, 0.15) is 5.75 Å². The van der Waals surface area contributed by atoms with E-state index in [1.807, 2.05) is 24.3 Å². The van der Waals surface area contributed by atoms with E-state index in [4.69, 9.17) is 4.74 Å². The first-order valence-electron chi connectivity index (χ1n) is 9.49. The fourth-order valence-corrected chi connectivity index (χ4v) is 4.15. The zero-order valence-corrected chi connectivity index (χ0v) is 18.6. The molecule has 2 fully saturated rings. The van der Waals surface area contributed by atoms with Gasteiger partial charge in [-0.25, -0.2) is 0 Å². The zero-order valence-electron chi connectivity index (χ0n) is 16.3. The SMILES string of the molecule is CN=C(NCC(=O)NCc1ccc(OC)cc1)N1CCC2(CCCC2)C1.I. The standard InChI is InChI=1S/C20H30N4O2.HI/c1-21-19(24-12-11-20(15-24)9-3-4-10-20)23-14-18(25)22-13-16-5-7-17(26-2)8-6-16;/h5-8H,3-4,9-15H2,1-2H3,(H,21,23)(H,22,25);1H. The molecule has 0 radical (unpaired) electrons. The largest absolute Gasteiger partial charge is 0.497 e. The summed E-state index contributed by atoms with van der Waals surface area (Å²) in [5, 5.41) is 6.16. The van der Waals surface area contributed by atoms with Gasteiger partial charge in [-0.05, 0) is 42.4 Å². The van der Waals surface area contributed by atoms with E-state index >= 15 is 0 Å². The minimum Gasteiger partial charge on any atom is -0.497 e. The van der Waals surface area contributed by atoms with E-state index in [0.717, 1.165) is 30.4 Å². The number of halogens is 1. The van der Waals surface area contributed by atoms with Gasteiger partial charge in [-0.1, -0.05) is 25.0 Å². The molecule has 1 aromatic carbocycles. The van der Waals surface area contributed by atoms with E-state index in [-0.39, 0.29) is 36.4 Å². The van der Waals surface area contributed by atoms with Gasteiger partial charge in [0.25, 0.3) is 0 Å². The topological polar surface area (TPSA) is 66.0 Å². The first kappa shape index (κ1) is 21.8. The summed E-state index contributed by atoms with van der Waals surface area (Å²) in [5.74, 6) is 1.63. The number of hydrogen-bond donors (Lipinski definition) is 2. The van der Waals surface area contributed by atoms with Crippen LogP contribution in [0.5, 0.6) is 5.75 Å². The van der Waals surface area contributed by atoms with E-state index in [0.29, 0.717) is 12.0 Å². The molecule has 6 nitrogen and oxygen atoms in total. The molecule has 7 heteroatoms. The number of carbonyl (C=O) groups excluding carboxylic acids is 1. The van der Waals surface area contributed by atoms with Crippen LogP contribution in [-0.2, 0) is 11.3 Å². The van der Waals surface area contributed by atoms with Crippen molar-refractivity contribution >= 4 is 35.8 Å². The second kappa shape index (κ2) is 10.1. The van der Waals surface area contributed by atoms with Crippen molar-refractivity contribution in [2.24, 2.45) is 10.4 Å². The molecule has 3 rings (SSSR count). The number of guanidine groups is 1. The Kier molecular flexibility index (Phi) is 8.19. The Morgan fingerprint density at radius 2 is 1.89 bits per heavy atom. The van der Waals surface area contributed by atoms with Crippen LogP contribution in [0, 0.1) is 5.41 Å². The third-order valence-corrected chi connectivity index (χ3v) is 5.67. The van der Waals surface area contributed by atoms with Crippen LogP contribution in [0.2, 0.25) is 0 Å². The predicted molar refractivity (Wildman–Crippen MR) is 119 cm³/mol. The van der Waals surface area contributed by atoms with Crippen LogP contribution in [0.3, 0.4) is 0 Å². The number of methoxy groups -OCH3 is 1. The lowest BCUT2D eigenvalue weighted by molar-refractivity contribution is -0.120. The fourth-order valence-electron chi connectivity index (χ4n) is 4.15. The van der Waals surface area contributed by atoms with E-state index in [9.17, 15) is 4.79 Å². The van der Waals surface area contributed by atoms with Gasteiger partial charge in [-0.3, -0.25) is 9.79 Å². The molecule has 2 N–H and O–H groups in total. The van der Waals surface area contributed by atoms with Crippen molar-refractivity contribution < 1.29 is 9.53 Å². The van der Waals surface area contributed by atoms with Crippen molar-refractivity contribution in [3.8, 4) is 5.75 Å². The number of benzene rings is 1. The number of nitrogens with zero attached hydrogens (tertiary/aromatic N) is 2. The third-order valence-electron chi connectivity index (χ3n) is 5.67.